The summed E-state index contributed by atoms with van der Waals surface area (Å²) in [5.41, 5.74) is 2.71. The second-order valence-corrected chi connectivity index (χ2v) is 6.49. The third-order valence-electron chi connectivity index (χ3n) is 4.08. The van der Waals surface area contributed by atoms with Gasteiger partial charge in [-0.3, -0.25) is 14.5 Å². The Kier molecular flexibility index (Phi) is 8.33. The second-order valence-electron chi connectivity index (χ2n) is 6.49. The number of amides is 1. The zero-order chi connectivity index (χ0) is 20.4. The predicted octanol–water partition coefficient (Wildman–Crippen LogP) is 1.58. The molecule has 1 aromatic carbocycles. The minimum atomic E-state index is -0.173. The summed E-state index contributed by atoms with van der Waals surface area (Å²) < 4.78 is 2.00. The number of nitrogens with zero attached hydrogens (tertiary/aromatic N) is 3. The number of phenols is 1. The van der Waals surface area contributed by atoms with Crippen LogP contribution in [0.4, 0.5) is 0 Å². The molecule has 28 heavy (non-hydrogen) atoms. The molecule has 8 nitrogen and oxygen atoms in total. The molecule has 2 rings (SSSR count). The van der Waals surface area contributed by atoms with E-state index in [2.05, 4.69) is 39.0 Å². The number of aryl methyl sites for hydroxylation is 3. The standard InChI is InChI=1S/C20H30N6O2/c1-4-21-20(23-10-5-13-26-16(3)14-15(2)25-26)24-12-11-22-19(28)17-6-8-18(27)9-7-17/h6-9,14,27H,4-5,10-13H2,1-3H3,(H,22,28)(H2,21,23,24). The Balaban J connectivity index is 1.71. The summed E-state index contributed by atoms with van der Waals surface area (Å²) in [6.07, 6.45) is 0.899. The van der Waals surface area contributed by atoms with Gasteiger partial charge in [-0.05, 0) is 57.5 Å². The molecule has 0 aliphatic heterocycles. The van der Waals surface area contributed by atoms with Crippen molar-refractivity contribution < 1.29 is 9.90 Å². The SMILES string of the molecule is CCNC(=NCCCn1nc(C)cc1C)NCCNC(=O)c1ccc(O)cc1. The number of benzene rings is 1. The molecular formula is C20H30N6O2. The van der Waals surface area contributed by atoms with Crippen molar-refractivity contribution in [3.8, 4) is 5.75 Å². The van der Waals surface area contributed by atoms with Crippen molar-refractivity contribution in [2.24, 2.45) is 4.99 Å². The van der Waals surface area contributed by atoms with E-state index in [0.29, 0.717) is 25.2 Å². The van der Waals surface area contributed by atoms with Crippen LogP contribution in [-0.4, -0.2) is 52.9 Å². The normalized spacial score (nSPS) is 11.3. The maximum atomic E-state index is 12.0. The van der Waals surface area contributed by atoms with Gasteiger partial charge in [0.25, 0.3) is 5.91 Å². The topological polar surface area (TPSA) is 104 Å². The Hall–Kier alpha value is -3.03. The van der Waals surface area contributed by atoms with Crippen LogP contribution in [0.2, 0.25) is 0 Å². The Labute approximate surface area is 166 Å². The van der Waals surface area contributed by atoms with Gasteiger partial charge in [-0.1, -0.05) is 0 Å². The molecule has 0 aliphatic carbocycles. The number of aromatic hydroxyl groups is 1. The Morgan fingerprint density at radius 1 is 1.14 bits per heavy atom. The number of hydrogen-bond acceptors (Lipinski definition) is 4. The summed E-state index contributed by atoms with van der Waals surface area (Å²) in [5.74, 6) is 0.700. The molecule has 1 amide bonds. The first-order valence-corrected chi connectivity index (χ1v) is 9.60. The molecule has 0 unspecified atom stereocenters. The summed E-state index contributed by atoms with van der Waals surface area (Å²) in [6.45, 7) is 9.39. The van der Waals surface area contributed by atoms with E-state index in [0.717, 1.165) is 36.9 Å². The third-order valence-corrected chi connectivity index (χ3v) is 4.08. The van der Waals surface area contributed by atoms with Crippen LogP contribution in [0.25, 0.3) is 0 Å². The van der Waals surface area contributed by atoms with Crippen molar-refractivity contribution in [1.29, 1.82) is 0 Å². The van der Waals surface area contributed by atoms with Gasteiger partial charge in [0.05, 0.1) is 5.69 Å². The van der Waals surface area contributed by atoms with Crippen LogP contribution < -0.4 is 16.0 Å². The minimum Gasteiger partial charge on any atom is -0.508 e. The molecular weight excluding hydrogens is 356 g/mol. The molecule has 0 atom stereocenters. The van der Waals surface area contributed by atoms with Crippen molar-refractivity contribution in [3.05, 3.63) is 47.3 Å². The lowest BCUT2D eigenvalue weighted by Gasteiger charge is -2.12. The van der Waals surface area contributed by atoms with Crippen LogP contribution in [0.3, 0.4) is 0 Å². The molecule has 0 spiro atoms. The van der Waals surface area contributed by atoms with Gasteiger partial charge >= 0.3 is 0 Å². The highest BCUT2D eigenvalue weighted by atomic mass is 16.3. The maximum Gasteiger partial charge on any atom is 0.251 e. The molecule has 0 saturated heterocycles. The number of nitrogens with one attached hydrogen (secondary N) is 3. The number of carbonyl (C=O) groups excluding carboxylic acids is 1. The first-order chi connectivity index (χ1) is 13.5. The zero-order valence-electron chi connectivity index (χ0n) is 16.8. The third kappa shape index (κ3) is 6.94. The fourth-order valence-corrected chi connectivity index (χ4v) is 2.73. The molecule has 0 aliphatic rings. The monoisotopic (exact) mass is 386 g/mol. The van der Waals surface area contributed by atoms with Crippen LogP contribution in [0, 0.1) is 13.8 Å². The lowest BCUT2D eigenvalue weighted by Crippen LogP contribution is -2.41. The number of phenolic OH excluding ortho intramolecular Hbond substituents is 1. The van der Waals surface area contributed by atoms with E-state index >= 15 is 0 Å². The van der Waals surface area contributed by atoms with Crippen LogP contribution in [0.1, 0.15) is 35.1 Å². The van der Waals surface area contributed by atoms with E-state index < -0.39 is 0 Å². The molecule has 4 N–H and O–H groups in total. The predicted molar refractivity (Wildman–Crippen MR) is 111 cm³/mol. The van der Waals surface area contributed by atoms with Crippen LogP contribution in [0.15, 0.2) is 35.3 Å². The Bertz CT molecular complexity index is 782. The van der Waals surface area contributed by atoms with Crippen molar-refractivity contribution in [3.63, 3.8) is 0 Å². The summed E-state index contributed by atoms with van der Waals surface area (Å²) in [5, 5.41) is 23.0. The van der Waals surface area contributed by atoms with Crippen LogP contribution >= 0.6 is 0 Å². The number of rotatable bonds is 9. The number of aromatic nitrogens is 2. The zero-order valence-corrected chi connectivity index (χ0v) is 16.8. The van der Waals surface area contributed by atoms with Crippen LogP contribution in [-0.2, 0) is 6.54 Å². The van der Waals surface area contributed by atoms with Gasteiger partial charge < -0.3 is 21.1 Å². The van der Waals surface area contributed by atoms with Gasteiger partial charge in [0.1, 0.15) is 5.75 Å². The number of aliphatic imine (C=N–C) groups is 1. The lowest BCUT2D eigenvalue weighted by molar-refractivity contribution is 0.0954. The van der Waals surface area contributed by atoms with Crippen LogP contribution in [0.5, 0.6) is 5.75 Å². The second kappa shape index (κ2) is 11.0. The largest absolute Gasteiger partial charge is 0.508 e. The van der Waals surface area contributed by atoms with Gasteiger partial charge in [0.2, 0.25) is 0 Å². The molecule has 0 saturated carbocycles. The minimum absolute atomic E-state index is 0.141. The molecule has 0 fully saturated rings. The molecule has 0 bridgehead atoms. The van der Waals surface area contributed by atoms with E-state index in [1.165, 1.54) is 12.1 Å². The first-order valence-electron chi connectivity index (χ1n) is 9.60. The molecule has 2 aromatic rings. The molecule has 152 valence electrons. The highest BCUT2D eigenvalue weighted by Crippen LogP contribution is 2.09. The molecule has 1 heterocycles. The average Bonchev–Trinajstić information content (AvgIpc) is 2.99. The van der Waals surface area contributed by atoms with Crippen molar-refractivity contribution in [1.82, 2.24) is 25.7 Å². The van der Waals surface area contributed by atoms with E-state index in [9.17, 15) is 9.90 Å². The summed E-state index contributed by atoms with van der Waals surface area (Å²) in [4.78, 5) is 16.6. The van der Waals surface area contributed by atoms with Crippen molar-refractivity contribution in [2.45, 2.75) is 33.7 Å². The van der Waals surface area contributed by atoms with E-state index in [1.807, 2.05) is 18.5 Å². The molecule has 0 radical (unpaired) electrons. The van der Waals surface area contributed by atoms with Crippen molar-refractivity contribution >= 4 is 11.9 Å². The summed E-state index contributed by atoms with van der Waals surface area (Å²) >= 11 is 0. The van der Waals surface area contributed by atoms with Crippen molar-refractivity contribution in [2.75, 3.05) is 26.2 Å². The van der Waals surface area contributed by atoms with E-state index in [1.54, 1.807) is 12.1 Å². The van der Waals surface area contributed by atoms with Gasteiger partial charge in [0.15, 0.2) is 5.96 Å². The smallest absolute Gasteiger partial charge is 0.251 e. The maximum absolute atomic E-state index is 12.0. The molecule has 8 heteroatoms. The van der Waals surface area contributed by atoms with E-state index in [-0.39, 0.29) is 11.7 Å². The van der Waals surface area contributed by atoms with Gasteiger partial charge in [-0.2, -0.15) is 5.10 Å². The summed E-state index contributed by atoms with van der Waals surface area (Å²) in [6, 6.07) is 8.24. The first kappa shape index (κ1) is 21.3. The fourth-order valence-electron chi connectivity index (χ4n) is 2.73. The summed E-state index contributed by atoms with van der Waals surface area (Å²) in [7, 11) is 0. The Morgan fingerprint density at radius 2 is 1.86 bits per heavy atom. The quantitative estimate of drug-likeness (QED) is 0.298. The number of guanidine groups is 1. The fraction of sp³-hybridized carbons (Fsp3) is 0.450. The number of carbonyl (C=O) groups is 1. The van der Waals surface area contributed by atoms with Gasteiger partial charge in [-0.15, -0.1) is 0 Å². The Morgan fingerprint density at radius 3 is 2.50 bits per heavy atom. The lowest BCUT2D eigenvalue weighted by atomic mass is 10.2. The van der Waals surface area contributed by atoms with Gasteiger partial charge in [0, 0.05) is 44.0 Å². The number of hydrogen-bond donors (Lipinski definition) is 4. The van der Waals surface area contributed by atoms with E-state index in [4.69, 9.17) is 0 Å². The van der Waals surface area contributed by atoms with Gasteiger partial charge in [-0.25, -0.2) is 0 Å². The average molecular weight is 387 g/mol. The highest BCUT2D eigenvalue weighted by Gasteiger charge is 2.05. The molecule has 1 aromatic heterocycles. The highest BCUT2D eigenvalue weighted by molar-refractivity contribution is 5.94.